The van der Waals surface area contributed by atoms with Crippen LogP contribution in [0.4, 0.5) is 20.5 Å². The summed E-state index contributed by atoms with van der Waals surface area (Å²) in [5.41, 5.74) is 2.06. The van der Waals surface area contributed by atoms with Gasteiger partial charge in [0.2, 0.25) is 5.95 Å². The van der Waals surface area contributed by atoms with Crippen molar-refractivity contribution in [1.29, 1.82) is 0 Å². The number of halogens is 2. The predicted octanol–water partition coefficient (Wildman–Crippen LogP) is 3.89. The van der Waals surface area contributed by atoms with E-state index in [0.29, 0.717) is 24.7 Å². The number of pyridine rings is 1. The molecule has 1 aromatic carbocycles. The van der Waals surface area contributed by atoms with Crippen LogP contribution in [-0.2, 0) is 4.74 Å². The van der Waals surface area contributed by atoms with E-state index in [-0.39, 0.29) is 44.4 Å². The van der Waals surface area contributed by atoms with Gasteiger partial charge < -0.3 is 20.3 Å². The summed E-state index contributed by atoms with van der Waals surface area (Å²) in [6.45, 7) is 4.32. The minimum Gasteiger partial charge on any atom is -0.378 e. The summed E-state index contributed by atoms with van der Waals surface area (Å²) >= 11 is 0. The Morgan fingerprint density at radius 2 is 1.80 bits per heavy atom. The molecule has 2 N–H and O–H groups in total. The van der Waals surface area contributed by atoms with Gasteiger partial charge >= 0.3 is 0 Å². The molecule has 212 valence electrons. The van der Waals surface area contributed by atoms with Gasteiger partial charge in [-0.25, -0.2) is 23.7 Å². The second kappa shape index (κ2) is 11.6. The highest BCUT2D eigenvalue weighted by Gasteiger charge is 2.37. The number of morpholine rings is 1. The van der Waals surface area contributed by atoms with Crippen molar-refractivity contribution in [3.05, 3.63) is 53.9 Å². The Kier molecular flexibility index (Phi) is 7.75. The van der Waals surface area contributed by atoms with Crippen molar-refractivity contribution in [2.45, 2.75) is 37.6 Å². The zero-order valence-electron chi connectivity index (χ0n) is 22.5. The number of rotatable bonds is 9. The number of ether oxygens (including phenoxy) is 1. The third kappa shape index (κ3) is 6.31. The number of nitrogens with zero attached hydrogens (tertiary/aromatic N) is 5. The van der Waals surface area contributed by atoms with Crippen molar-refractivity contribution in [1.82, 2.24) is 25.2 Å². The number of anilines is 2. The number of carbonyl (C=O) groups excluding carboxylic acids is 1. The van der Waals surface area contributed by atoms with Gasteiger partial charge in [-0.1, -0.05) is 6.07 Å². The quantitative estimate of drug-likeness (QED) is 0.414. The zero-order chi connectivity index (χ0) is 27.5. The predicted molar refractivity (Wildman–Crippen MR) is 149 cm³/mol. The molecule has 2 aromatic heterocycles. The Bertz CT molecular complexity index is 1320. The summed E-state index contributed by atoms with van der Waals surface area (Å²) in [7, 11) is 0. The average Bonchev–Trinajstić information content (AvgIpc) is 3.82. The van der Waals surface area contributed by atoms with E-state index in [4.69, 9.17) is 9.72 Å². The van der Waals surface area contributed by atoms with E-state index in [9.17, 15) is 13.6 Å². The molecule has 1 amide bonds. The minimum absolute atomic E-state index is 0.212. The molecule has 3 fully saturated rings. The highest BCUT2D eigenvalue weighted by molar-refractivity contribution is 6.06. The number of hydrogen-bond acceptors (Lipinski definition) is 8. The molecule has 11 heteroatoms. The van der Waals surface area contributed by atoms with E-state index in [0.717, 1.165) is 47.8 Å². The zero-order valence-corrected chi connectivity index (χ0v) is 22.5. The number of benzene rings is 1. The second-order valence-electron chi connectivity index (χ2n) is 10.9. The minimum atomic E-state index is -2.66. The van der Waals surface area contributed by atoms with Gasteiger partial charge in [0.25, 0.3) is 11.8 Å². The summed E-state index contributed by atoms with van der Waals surface area (Å²) in [6, 6.07) is 9.02. The van der Waals surface area contributed by atoms with Crippen LogP contribution >= 0.6 is 0 Å². The van der Waals surface area contributed by atoms with Gasteiger partial charge in [-0.15, -0.1) is 0 Å². The van der Waals surface area contributed by atoms with E-state index in [1.54, 1.807) is 18.5 Å². The van der Waals surface area contributed by atoms with Gasteiger partial charge in [0.15, 0.2) is 0 Å². The summed E-state index contributed by atoms with van der Waals surface area (Å²) in [5, 5.41) is 7.20. The summed E-state index contributed by atoms with van der Waals surface area (Å²) in [5.74, 6) is -0.740. The van der Waals surface area contributed by atoms with Crippen LogP contribution in [0.15, 0.2) is 42.7 Å². The molecule has 2 saturated heterocycles. The van der Waals surface area contributed by atoms with Crippen LogP contribution in [0.5, 0.6) is 0 Å². The maximum Gasteiger partial charge on any atom is 0.252 e. The Morgan fingerprint density at radius 1 is 1.05 bits per heavy atom. The second-order valence-corrected chi connectivity index (χ2v) is 10.9. The highest BCUT2D eigenvalue weighted by Crippen LogP contribution is 2.33. The molecule has 3 aromatic rings. The number of amides is 1. The number of alkyl halides is 2. The molecular formula is C29H35F2N7O2. The van der Waals surface area contributed by atoms with Crippen LogP contribution in [0.25, 0.3) is 10.9 Å². The first-order valence-electron chi connectivity index (χ1n) is 14.1. The SMILES string of the molecule is O=C(NCC(c1cnc(N2CCOCC2)nc1)N1CCC(F)(F)CC1)c1cccc2nc(NCC3CC3)ccc12. The Balaban J connectivity index is 1.18. The van der Waals surface area contributed by atoms with Crippen molar-refractivity contribution >= 4 is 28.6 Å². The number of fused-ring (bicyclic) bond motifs is 1. The lowest BCUT2D eigenvalue weighted by molar-refractivity contribution is -0.0632. The van der Waals surface area contributed by atoms with Gasteiger partial charge in [0, 0.05) is 81.0 Å². The average molecular weight is 552 g/mol. The topological polar surface area (TPSA) is 95.5 Å². The lowest BCUT2D eigenvalue weighted by atomic mass is 10.0. The molecule has 9 nitrogen and oxygen atoms in total. The van der Waals surface area contributed by atoms with E-state index in [1.807, 2.05) is 29.2 Å². The first kappa shape index (κ1) is 26.8. The number of nitrogens with one attached hydrogen (secondary N) is 2. The smallest absolute Gasteiger partial charge is 0.252 e. The first-order valence-corrected chi connectivity index (χ1v) is 14.1. The van der Waals surface area contributed by atoms with Crippen LogP contribution in [0, 0.1) is 5.92 Å². The van der Waals surface area contributed by atoms with Gasteiger partial charge in [-0.05, 0) is 43.0 Å². The molecule has 1 saturated carbocycles. The van der Waals surface area contributed by atoms with Crippen LogP contribution in [0.2, 0.25) is 0 Å². The molecule has 3 aliphatic rings. The van der Waals surface area contributed by atoms with Gasteiger partial charge in [0.05, 0.1) is 24.8 Å². The summed E-state index contributed by atoms with van der Waals surface area (Å²) in [4.78, 5) is 31.3. The Morgan fingerprint density at radius 3 is 2.52 bits per heavy atom. The third-order valence-corrected chi connectivity index (χ3v) is 8.01. The number of piperidine rings is 1. The number of aromatic nitrogens is 3. The molecule has 1 atom stereocenters. The van der Waals surface area contributed by atoms with Gasteiger partial charge in [-0.3, -0.25) is 9.69 Å². The van der Waals surface area contributed by atoms with Gasteiger partial charge in [0.1, 0.15) is 5.82 Å². The lowest BCUT2D eigenvalue weighted by Crippen LogP contribution is -2.45. The standard InChI is InChI=1S/C29H35F2N7O2/c30-29(31)8-10-37(11-9-29)25(21-17-34-28(35-18-21)38-12-14-40-15-13-38)19-33-27(39)23-2-1-3-24-22(23)6-7-26(36-24)32-16-20-4-5-20/h1-3,6-7,17-18,20,25H,4-5,8-16,19H2,(H,32,36)(H,33,39). The summed E-state index contributed by atoms with van der Waals surface area (Å²) in [6.07, 6.45) is 5.59. The molecule has 1 aliphatic carbocycles. The van der Waals surface area contributed by atoms with E-state index in [1.165, 1.54) is 12.8 Å². The monoisotopic (exact) mass is 551 g/mol. The number of carbonyl (C=O) groups is 1. The van der Waals surface area contributed by atoms with Crippen molar-refractivity contribution in [2.75, 3.05) is 62.7 Å². The van der Waals surface area contributed by atoms with Crippen molar-refractivity contribution < 1.29 is 18.3 Å². The van der Waals surface area contributed by atoms with Crippen LogP contribution in [0.3, 0.4) is 0 Å². The number of likely N-dealkylation sites (tertiary alicyclic amines) is 1. The van der Waals surface area contributed by atoms with Crippen LogP contribution < -0.4 is 15.5 Å². The fourth-order valence-corrected chi connectivity index (χ4v) is 5.36. The van der Waals surface area contributed by atoms with E-state index in [2.05, 4.69) is 25.5 Å². The fraction of sp³-hybridized carbons (Fsp3) is 0.517. The van der Waals surface area contributed by atoms with Crippen LogP contribution in [0.1, 0.15) is 47.6 Å². The number of hydrogen-bond donors (Lipinski definition) is 2. The molecule has 0 spiro atoms. The first-order chi connectivity index (χ1) is 19.4. The van der Waals surface area contributed by atoms with Crippen molar-refractivity contribution in [3.8, 4) is 0 Å². The Hall–Kier alpha value is -3.44. The van der Waals surface area contributed by atoms with E-state index < -0.39 is 5.92 Å². The van der Waals surface area contributed by atoms with Crippen LogP contribution in [-0.4, -0.2) is 84.2 Å². The normalized spacial score (nSPS) is 20.3. The molecule has 0 bridgehead atoms. The molecule has 0 radical (unpaired) electrons. The molecular weight excluding hydrogens is 516 g/mol. The van der Waals surface area contributed by atoms with Gasteiger partial charge in [-0.2, -0.15) is 0 Å². The van der Waals surface area contributed by atoms with Crippen molar-refractivity contribution in [3.63, 3.8) is 0 Å². The highest BCUT2D eigenvalue weighted by atomic mass is 19.3. The van der Waals surface area contributed by atoms with Crippen molar-refractivity contribution in [2.24, 2.45) is 5.92 Å². The molecule has 40 heavy (non-hydrogen) atoms. The molecule has 2 aliphatic heterocycles. The lowest BCUT2D eigenvalue weighted by Gasteiger charge is -2.37. The summed E-state index contributed by atoms with van der Waals surface area (Å²) < 4.78 is 33.3. The van der Waals surface area contributed by atoms with E-state index >= 15 is 0 Å². The third-order valence-electron chi connectivity index (χ3n) is 8.01. The molecule has 1 unspecified atom stereocenters. The maximum atomic E-state index is 14.0. The maximum absolute atomic E-state index is 14.0. The molecule has 4 heterocycles. The Labute approximate surface area is 232 Å². The fourth-order valence-electron chi connectivity index (χ4n) is 5.36. The largest absolute Gasteiger partial charge is 0.378 e. The molecule has 6 rings (SSSR count).